The Labute approximate surface area is 85.3 Å². The van der Waals surface area contributed by atoms with E-state index < -0.39 is 0 Å². The summed E-state index contributed by atoms with van der Waals surface area (Å²) >= 11 is 0. The number of aryl methyl sites for hydroxylation is 2. The van der Waals surface area contributed by atoms with Crippen molar-refractivity contribution in [1.29, 1.82) is 0 Å². The Hall–Kier alpha value is -1.02. The Balaban J connectivity index is 2.55. The highest BCUT2D eigenvalue weighted by Crippen LogP contribution is 2.36. The normalized spacial score (nSPS) is 20.1. The van der Waals surface area contributed by atoms with E-state index in [-0.39, 0.29) is 6.10 Å². The van der Waals surface area contributed by atoms with E-state index in [1.807, 2.05) is 0 Å². The summed E-state index contributed by atoms with van der Waals surface area (Å²) in [6.07, 6.45) is 1.33. The minimum absolute atomic E-state index is 0.270. The summed E-state index contributed by atoms with van der Waals surface area (Å²) in [5, 5.41) is 3.46. The molecule has 1 aromatic rings. The van der Waals surface area contributed by atoms with Gasteiger partial charge >= 0.3 is 0 Å². The number of hydrogen-bond donors (Lipinski definition) is 1. The van der Waals surface area contributed by atoms with Crippen molar-refractivity contribution in [2.24, 2.45) is 0 Å². The summed E-state index contributed by atoms with van der Waals surface area (Å²) in [7, 11) is 1.79. The van der Waals surface area contributed by atoms with Gasteiger partial charge in [0.05, 0.1) is 6.10 Å². The zero-order chi connectivity index (χ0) is 10.1. The number of anilines is 1. The zero-order valence-corrected chi connectivity index (χ0v) is 9.05. The van der Waals surface area contributed by atoms with Crippen molar-refractivity contribution < 1.29 is 4.74 Å². The molecule has 76 valence electrons. The lowest BCUT2D eigenvalue weighted by Gasteiger charge is -2.28. The van der Waals surface area contributed by atoms with Gasteiger partial charge in [-0.25, -0.2) is 0 Å². The topological polar surface area (TPSA) is 21.3 Å². The summed E-state index contributed by atoms with van der Waals surface area (Å²) < 4.78 is 5.51. The first-order chi connectivity index (χ1) is 6.74. The van der Waals surface area contributed by atoms with Gasteiger partial charge in [-0.15, -0.1) is 0 Å². The quantitative estimate of drug-likeness (QED) is 0.737. The molecule has 0 saturated carbocycles. The van der Waals surface area contributed by atoms with E-state index in [0.717, 1.165) is 13.0 Å². The van der Waals surface area contributed by atoms with Gasteiger partial charge in [-0.1, -0.05) is 12.1 Å². The number of benzene rings is 1. The van der Waals surface area contributed by atoms with Crippen LogP contribution in [0.25, 0.3) is 0 Å². The number of methoxy groups -OCH3 is 1. The van der Waals surface area contributed by atoms with E-state index in [1.54, 1.807) is 7.11 Å². The van der Waals surface area contributed by atoms with E-state index in [1.165, 1.54) is 22.4 Å². The molecule has 1 aliphatic rings. The fourth-order valence-corrected chi connectivity index (χ4v) is 2.19. The fraction of sp³-hybridized carbons (Fsp3) is 0.500. The Kier molecular flexibility index (Phi) is 2.46. The number of rotatable bonds is 1. The first-order valence-corrected chi connectivity index (χ1v) is 5.11. The molecule has 1 unspecified atom stereocenters. The maximum atomic E-state index is 5.51. The maximum absolute atomic E-state index is 5.51. The average Bonchev–Trinajstić information content (AvgIpc) is 2.23. The van der Waals surface area contributed by atoms with Crippen molar-refractivity contribution in [3.8, 4) is 0 Å². The van der Waals surface area contributed by atoms with Crippen molar-refractivity contribution in [1.82, 2.24) is 0 Å². The van der Waals surface area contributed by atoms with E-state index >= 15 is 0 Å². The lowest BCUT2D eigenvalue weighted by molar-refractivity contribution is 0.0959. The highest BCUT2D eigenvalue weighted by molar-refractivity contribution is 5.62. The molecule has 0 radical (unpaired) electrons. The van der Waals surface area contributed by atoms with Crippen molar-refractivity contribution in [3.63, 3.8) is 0 Å². The molecule has 0 aromatic heterocycles. The van der Waals surface area contributed by atoms with Gasteiger partial charge in [0.2, 0.25) is 0 Å². The monoisotopic (exact) mass is 191 g/mol. The van der Waals surface area contributed by atoms with Gasteiger partial charge in [-0.05, 0) is 31.4 Å². The van der Waals surface area contributed by atoms with Crippen LogP contribution in [-0.4, -0.2) is 13.7 Å². The zero-order valence-electron chi connectivity index (χ0n) is 9.05. The van der Waals surface area contributed by atoms with Crippen LogP contribution in [0.15, 0.2) is 12.1 Å². The largest absolute Gasteiger partial charge is 0.384 e. The predicted octanol–water partition coefficient (Wildman–Crippen LogP) is 2.81. The Morgan fingerprint density at radius 2 is 2.00 bits per heavy atom. The number of nitrogens with one attached hydrogen (secondary N) is 1. The molecule has 1 atom stereocenters. The van der Waals surface area contributed by atoms with Crippen LogP contribution in [0.4, 0.5) is 5.69 Å². The summed E-state index contributed by atoms with van der Waals surface area (Å²) in [4.78, 5) is 0. The number of fused-ring (bicyclic) bond motifs is 1. The Morgan fingerprint density at radius 3 is 2.71 bits per heavy atom. The minimum Gasteiger partial charge on any atom is -0.384 e. The third-order valence-electron chi connectivity index (χ3n) is 2.99. The highest BCUT2D eigenvalue weighted by Gasteiger charge is 2.22. The summed E-state index contributed by atoms with van der Waals surface area (Å²) in [6, 6.07) is 4.34. The van der Waals surface area contributed by atoms with E-state index in [2.05, 4.69) is 31.3 Å². The van der Waals surface area contributed by atoms with Gasteiger partial charge in [0.15, 0.2) is 0 Å². The number of hydrogen-bond acceptors (Lipinski definition) is 2. The first-order valence-electron chi connectivity index (χ1n) is 5.11. The second kappa shape index (κ2) is 3.62. The van der Waals surface area contributed by atoms with Crippen molar-refractivity contribution in [2.75, 3.05) is 19.0 Å². The van der Waals surface area contributed by atoms with Crippen molar-refractivity contribution >= 4 is 5.69 Å². The van der Waals surface area contributed by atoms with Gasteiger partial charge < -0.3 is 10.1 Å². The van der Waals surface area contributed by atoms with Crippen LogP contribution >= 0.6 is 0 Å². The Bertz CT molecular complexity index is 346. The SMILES string of the molecule is COC1CCNc2c(C)ccc(C)c21. The van der Waals surface area contributed by atoms with Crippen LogP contribution in [0.5, 0.6) is 0 Å². The molecule has 1 heterocycles. The molecule has 2 heteroatoms. The third-order valence-corrected chi connectivity index (χ3v) is 2.99. The molecule has 14 heavy (non-hydrogen) atoms. The molecule has 0 saturated heterocycles. The van der Waals surface area contributed by atoms with E-state index in [0.29, 0.717) is 0 Å². The molecule has 1 aromatic carbocycles. The van der Waals surface area contributed by atoms with Crippen molar-refractivity contribution in [2.45, 2.75) is 26.4 Å². The second-order valence-electron chi connectivity index (χ2n) is 3.93. The summed E-state index contributed by atoms with van der Waals surface area (Å²) in [5.74, 6) is 0. The molecule has 0 bridgehead atoms. The van der Waals surface area contributed by atoms with Crippen LogP contribution in [-0.2, 0) is 4.74 Å². The molecular weight excluding hydrogens is 174 g/mol. The molecule has 1 aliphatic heterocycles. The molecule has 2 rings (SSSR count). The minimum atomic E-state index is 0.270. The third kappa shape index (κ3) is 1.40. The Morgan fingerprint density at radius 1 is 1.29 bits per heavy atom. The van der Waals surface area contributed by atoms with Gasteiger partial charge in [0, 0.05) is 24.9 Å². The standard InChI is InChI=1S/C12H17NO/c1-8-4-5-9(2)12-11(8)10(14-3)6-7-13-12/h4-5,10,13H,6-7H2,1-3H3. The maximum Gasteiger partial charge on any atom is 0.0860 e. The van der Waals surface area contributed by atoms with Gasteiger partial charge in [0.25, 0.3) is 0 Å². The van der Waals surface area contributed by atoms with Gasteiger partial charge in [-0.3, -0.25) is 0 Å². The molecular formula is C12H17NO. The van der Waals surface area contributed by atoms with Gasteiger partial charge in [-0.2, -0.15) is 0 Å². The van der Waals surface area contributed by atoms with Crippen LogP contribution in [0.3, 0.4) is 0 Å². The predicted molar refractivity (Wildman–Crippen MR) is 58.8 cm³/mol. The fourth-order valence-electron chi connectivity index (χ4n) is 2.19. The molecule has 0 amide bonds. The summed E-state index contributed by atoms with van der Waals surface area (Å²) in [6.45, 7) is 5.30. The van der Waals surface area contributed by atoms with Crippen LogP contribution in [0.2, 0.25) is 0 Å². The van der Waals surface area contributed by atoms with Crippen LogP contribution < -0.4 is 5.32 Å². The molecule has 0 spiro atoms. The molecule has 0 fully saturated rings. The average molecular weight is 191 g/mol. The highest BCUT2D eigenvalue weighted by atomic mass is 16.5. The van der Waals surface area contributed by atoms with E-state index in [9.17, 15) is 0 Å². The lowest BCUT2D eigenvalue weighted by Crippen LogP contribution is -2.19. The first kappa shape index (κ1) is 9.53. The van der Waals surface area contributed by atoms with Gasteiger partial charge in [0.1, 0.15) is 0 Å². The molecule has 0 aliphatic carbocycles. The van der Waals surface area contributed by atoms with E-state index in [4.69, 9.17) is 4.74 Å². The number of ether oxygens (including phenoxy) is 1. The van der Waals surface area contributed by atoms with Crippen LogP contribution in [0.1, 0.15) is 29.2 Å². The smallest absolute Gasteiger partial charge is 0.0860 e. The van der Waals surface area contributed by atoms with Crippen molar-refractivity contribution in [3.05, 3.63) is 28.8 Å². The second-order valence-corrected chi connectivity index (χ2v) is 3.93. The molecule has 1 N–H and O–H groups in total. The van der Waals surface area contributed by atoms with Crippen LogP contribution in [0, 0.1) is 13.8 Å². The lowest BCUT2D eigenvalue weighted by atomic mass is 9.93. The summed E-state index contributed by atoms with van der Waals surface area (Å²) in [5.41, 5.74) is 5.26. The molecule has 2 nitrogen and oxygen atoms in total.